The summed E-state index contributed by atoms with van der Waals surface area (Å²) in [5.74, 6) is -0.156. The molecular formula is C8H17NO2. The number of hydrogen-bond acceptors (Lipinski definition) is 3. The van der Waals surface area contributed by atoms with Gasteiger partial charge in [0.05, 0.1) is 11.6 Å². The van der Waals surface area contributed by atoms with Crippen LogP contribution in [0.25, 0.3) is 0 Å². The Morgan fingerprint density at radius 1 is 1.55 bits per heavy atom. The fraction of sp³-hybridized carbons (Fsp3) is 0.875. The van der Waals surface area contributed by atoms with Gasteiger partial charge < -0.3 is 10.8 Å². The highest BCUT2D eigenvalue weighted by atomic mass is 16.3. The lowest BCUT2D eigenvalue weighted by atomic mass is 9.87. The summed E-state index contributed by atoms with van der Waals surface area (Å²) < 4.78 is 0. The van der Waals surface area contributed by atoms with Crippen LogP contribution in [0.3, 0.4) is 0 Å². The monoisotopic (exact) mass is 159 g/mol. The Hall–Kier alpha value is -0.410. The molecule has 3 heteroatoms. The number of aliphatic hydroxyl groups is 1. The van der Waals surface area contributed by atoms with Crippen LogP contribution in [-0.4, -0.2) is 22.5 Å². The van der Waals surface area contributed by atoms with Crippen molar-refractivity contribution in [3.8, 4) is 0 Å². The van der Waals surface area contributed by atoms with Crippen LogP contribution < -0.4 is 5.73 Å². The highest BCUT2D eigenvalue weighted by Crippen LogP contribution is 2.18. The minimum absolute atomic E-state index is 0.156. The number of carbonyl (C=O) groups is 1. The van der Waals surface area contributed by atoms with Gasteiger partial charge in [-0.3, -0.25) is 4.79 Å². The van der Waals surface area contributed by atoms with E-state index < -0.39 is 11.6 Å². The van der Waals surface area contributed by atoms with Gasteiger partial charge >= 0.3 is 0 Å². The molecule has 0 aliphatic rings. The van der Waals surface area contributed by atoms with Crippen LogP contribution in [0, 0.1) is 0 Å². The van der Waals surface area contributed by atoms with Gasteiger partial charge in [-0.05, 0) is 19.8 Å². The fourth-order valence-corrected chi connectivity index (χ4v) is 1.07. The van der Waals surface area contributed by atoms with Crippen molar-refractivity contribution in [2.45, 2.75) is 45.3 Å². The van der Waals surface area contributed by atoms with E-state index in [1.54, 1.807) is 0 Å². The summed E-state index contributed by atoms with van der Waals surface area (Å²) in [6, 6.07) is -0.738. The first-order valence-electron chi connectivity index (χ1n) is 3.96. The molecule has 0 saturated heterocycles. The molecule has 0 aromatic rings. The first kappa shape index (κ1) is 10.6. The largest absolute Gasteiger partial charge is 0.388 e. The van der Waals surface area contributed by atoms with E-state index in [0.29, 0.717) is 12.8 Å². The van der Waals surface area contributed by atoms with Gasteiger partial charge in [0.2, 0.25) is 0 Å². The van der Waals surface area contributed by atoms with E-state index in [-0.39, 0.29) is 5.78 Å². The first-order chi connectivity index (χ1) is 4.98. The second-order valence-corrected chi connectivity index (χ2v) is 2.90. The quantitative estimate of drug-likeness (QED) is 0.626. The normalized spacial score (nSPS) is 14.6. The Morgan fingerprint density at radius 3 is 2.00 bits per heavy atom. The fourth-order valence-electron chi connectivity index (χ4n) is 1.07. The number of Topliss-reactive ketones (excluding diaryl/α,β-unsaturated/α-hetero) is 1. The van der Waals surface area contributed by atoms with Crippen molar-refractivity contribution in [1.82, 2.24) is 0 Å². The summed E-state index contributed by atoms with van der Waals surface area (Å²) in [4.78, 5) is 10.8. The third kappa shape index (κ3) is 2.27. The number of nitrogens with two attached hydrogens (primary N) is 1. The molecule has 0 spiro atoms. The zero-order valence-corrected chi connectivity index (χ0v) is 7.42. The first-order valence-corrected chi connectivity index (χ1v) is 3.96. The summed E-state index contributed by atoms with van der Waals surface area (Å²) in [6.07, 6.45) is 1.04. The summed E-state index contributed by atoms with van der Waals surface area (Å²) in [7, 11) is 0. The summed E-state index contributed by atoms with van der Waals surface area (Å²) in [5, 5.41) is 9.72. The average Bonchev–Trinajstić information content (AvgIpc) is 2.01. The zero-order valence-electron chi connectivity index (χ0n) is 7.42. The predicted octanol–water partition coefficient (Wildman–Crippen LogP) is 0.454. The van der Waals surface area contributed by atoms with Crippen molar-refractivity contribution >= 4 is 5.78 Å². The highest BCUT2D eigenvalue weighted by molar-refractivity contribution is 5.82. The SMILES string of the molecule is CCC(O)(CC)[C@H](N)C(C)=O. The molecular weight excluding hydrogens is 142 g/mol. The van der Waals surface area contributed by atoms with Crippen molar-refractivity contribution in [2.75, 3.05) is 0 Å². The molecule has 0 radical (unpaired) electrons. The van der Waals surface area contributed by atoms with Crippen molar-refractivity contribution < 1.29 is 9.90 Å². The van der Waals surface area contributed by atoms with E-state index in [9.17, 15) is 9.90 Å². The molecule has 66 valence electrons. The van der Waals surface area contributed by atoms with Gasteiger partial charge in [-0.1, -0.05) is 13.8 Å². The highest BCUT2D eigenvalue weighted by Gasteiger charge is 2.33. The van der Waals surface area contributed by atoms with Gasteiger partial charge in [0, 0.05) is 0 Å². The smallest absolute Gasteiger partial charge is 0.149 e. The molecule has 3 N–H and O–H groups in total. The van der Waals surface area contributed by atoms with Crippen molar-refractivity contribution in [3.05, 3.63) is 0 Å². The topological polar surface area (TPSA) is 63.3 Å². The van der Waals surface area contributed by atoms with Crippen LogP contribution in [0.5, 0.6) is 0 Å². The summed E-state index contributed by atoms with van der Waals surface area (Å²) >= 11 is 0. The van der Waals surface area contributed by atoms with E-state index in [1.807, 2.05) is 13.8 Å². The van der Waals surface area contributed by atoms with E-state index in [2.05, 4.69) is 0 Å². The Labute approximate surface area is 67.6 Å². The minimum atomic E-state index is -1.01. The van der Waals surface area contributed by atoms with E-state index >= 15 is 0 Å². The Bertz CT molecular complexity index is 141. The Balaban J connectivity index is 4.36. The molecule has 11 heavy (non-hydrogen) atoms. The van der Waals surface area contributed by atoms with E-state index in [4.69, 9.17) is 5.73 Å². The molecule has 0 aromatic carbocycles. The molecule has 0 heterocycles. The van der Waals surface area contributed by atoms with Crippen LogP contribution >= 0.6 is 0 Å². The van der Waals surface area contributed by atoms with Gasteiger partial charge in [-0.25, -0.2) is 0 Å². The van der Waals surface area contributed by atoms with Gasteiger partial charge in [0.1, 0.15) is 5.78 Å². The van der Waals surface area contributed by atoms with Crippen molar-refractivity contribution in [3.63, 3.8) is 0 Å². The summed E-state index contributed by atoms with van der Waals surface area (Å²) in [6.45, 7) is 5.06. The molecule has 0 fully saturated rings. The lowest BCUT2D eigenvalue weighted by molar-refractivity contribution is -0.124. The molecule has 0 amide bonds. The van der Waals surface area contributed by atoms with Gasteiger partial charge in [-0.2, -0.15) is 0 Å². The van der Waals surface area contributed by atoms with Gasteiger partial charge in [0.15, 0.2) is 0 Å². The Morgan fingerprint density at radius 2 is 1.91 bits per heavy atom. The lowest BCUT2D eigenvalue weighted by Gasteiger charge is -2.29. The lowest BCUT2D eigenvalue weighted by Crippen LogP contribution is -2.51. The van der Waals surface area contributed by atoms with Gasteiger partial charge in [-0.15, -0.1) is 0 Å². The third-order valence-electron chi connectivity index (χ3n) is 2.24. The molecule has 0 saturated carbocycles. The number of carbonyl (C=O) groups excluding carboxylic acids is 1. The second kappa shape index (κ2) is 3.83. The number of hydrogen-bond donors (Lipinski definition) is 2. The maximum Gasteiger partial charge on any atom is 0.149 e. The van der Waals surface area contributed by atoms with E-state index in [0.717, 1.165) is 0 Å². The van der Waals surface area contributed by atoms with Crippen LogP contribution in [0.2, 0.25) is 0 Å². The second-order valence-electron chi connectivity index (χ2n) is 2.90. The van der Waals surface area contributed by atoms with Crippen LogP contribution in [-0.2, 0) is 4.79 Å². The predicted molar refractivity (Wildman–Crippen MR) is 44.2 cm³/mol. The van der Waals surface area contributed by atoms with E-state index in [1.165, 1.54) is 6.92 Å². The maximum absolute atomic E-state index is 10.8. The molecule has 1 atom stereocenters. The van der Waals surface area contributed by atoms with Crippen molar-refractivity contribution in [2.24, 2.45) is 5.73 Å². The van der Waals surface area contributed by atoms with Crippen LogP contribution in [0.15, 0.2) is 0 Å². The van der Waals surface area contributed by atoms with Crippen LogP contribution in [0.4, 0.5) is 0 Å². The van der Waals surface area contributed by atoms with Gasteiger partial charge in [0.25, 0.3) is 0 Å². The molecule has 0 aliphatic heterocycles. The average molecular weight is 159 g/mol. The standard InChI is InChI=1S/C8H17NO2/c1-4-8(11,5-2)7(9)6(3)10/h7,11H,4-5,9H2,1-3H3/t7-/m1/s1. The Kier molecular flexibility index (Phi) is 3.69. The van der Waals surface area contributed by atoms with Crippen molar-refractivity contribution in [1.29, 1.82) is 0 Å². The number of ketones is 1. The summed E-state index contributed by atoms with van der Waals surface area (Å²) in [5.41, 5.74) is 4.51. The molecule has 0 rings (SSSR count). The van der Waals surface area contributed by atoms with Crippen LogP contribution in [0.1, 0.15) is 33.6 Å². The molecule has 3 nitrogen and oxygen atoms in total. The maximum atomic E-state index is 10.8. The molecule has 0 aromatic heterocycles. The third-order valence-corrected chi connectivity index (χ3v) is 2.24. The minimum Gasteiger partial charge on any atom is -0.388 e. The zero-order chi connectivity index (χ0) is 9.07. The number of rotatable bonds is 4. The molecule has 0 aliphatic carbocycles. The molecule has 0 unspecified atom stereocenters. The molecule has 0 bridgehead atoms.